The maximum atomic E-state index is 13.9. The van der Waals surface area contributed by atoms with Crippen LogP contribution in [0, 0.1) is 5.82 Å². The molecule has 1 aromatic heterocycles. The molecule has 5 rings (SSSR count). The summed E-state index contributed by atoms with van der Waals surface area (Å²) in [5.41, 5.74) is 0.780. The van der Waals surface area contributed by atoms with Crippen molar-refractivity contribution < 1.29 is 17.6 Å². The molecule has 0 spiro atoms. The minimum Gasteiger partial charge on any atom is -0.332 e. The van der Waals surface area contributed by atoms with Gasteiger partial charge in [-0.3, -0.25) is 4.79 Å². The van der Waals surface area contributed by atoms with Crippen molar-refractivity contribution in [3.05, 3.63) is 101 Å². The molecule has 1 saturated heterocycles. The molecule has 3 aromatic carbocycles. The lowest BCUT2D eigenvalue weighted by molar-refractivity contribution is -0.132. The quantitative estimate of drug-likeness (QED) is 0.246. The van der Waals surface area contributed by atoms with Gasteiger partial charge in [-0.1, -0.05) is 48.5 Å². The molecule has 0 saturated carbocycles. The maximum Gasteiger partial charge on any atom is 0.243 e. The number of sulfonamides is 1. The molecule has 1 amide bonds. The third-order valence-corrected chi connectivity index (χ3v) is 9.80. The molecule has 2 heterocycles. The van der Waals surface area contributed by atoms with Crippen LogP contribution >= 0.6 is 11.3 Å². The molecule has 0 atom stereocenters. The van der Waals surface area contributed by atoms with Crippen LogP contribution < -0.4 is 0 Å². The molecule has 39 heavy (non-hydrogen) atoms. The fourth-order valence-electron chi connectivity index (χ4n) is 4.90. The lowest BCUT2D eigenvalue weighted by Gasteiger charge is -2.28. The Kier molecular flexibility index (Phi) is 8.72. The van der Waals surface area contributed by atoms with E-state index in [0.717, 1.165) is 47.1 Å². The summed E-state index contributed by atoms with van der Waals surface area (Å²) in [5, 5.41) is 3.74. The molecule has 1 aliphatic heterocycles. The van der Waals surface area contributed by atoms with Crippen LogP contribution in [0.1, 0.15) is 23.3 Å². The number of carbonyl (C=O) groups is 1. The molecule has 0 unspecified atom stereocenters. The Morgan fingerprint density at radius 2 is 1.64 bits per heavy atom. The molecule has 1 fully saturated rings. The number of halogens is 1. The minimum atomic E-state index is -3.94. The highest BCUT2D eigenvalue weighted by atomic mass is 32.2. The summed E-state index contributed by atoms with van der Waals surface area (Å²) in [4.78, 5) is 18.8. The second-order valence-corrected chi connectivity index (χ2v) is 12.8. The maximum absolute atomic E-state index is 13.9. The van der Waals surface area contributed by atoms with Gasteiger partial charge in [-0.25, -0.2) is 12.8 Å². The zero-order chi connectivity index (χ0) is 27.2. The van der Waals surface area contributed by atoms with Crippen LogP contribution in [0.3, 0.4) is 0 Å². The number of benzene rings is 3. The van der Waals surface area contributed by atoms with Crippen LogP contribution in [0.2, 0.25) is 0 Å². The lowest BCUT2D eigenvalue weighted by atomic mass is 10.1. The van der Waals surface area contributed by atoms with Gasteiger partial charge in [0.25, 0.3) is 0 Å². The average Bonchev–Trinajstić information content (AvgIpc) is 3.66. The van der Waals surface area contributed by atoms with Gasteiger partial charge >= 0.3 is 0 Å². The third-order valence-electron chi connectivity index (χ3n) is 7.10. The van der Waals surface area contributed by atoms with Crippen molar-refractivity contribution in [3.8, 4) is 0 Å². The molecule has 204 valence electrons. The first-order valence-electron chi connectivity index (χ1n) is 13.1. The SMILES string of the molecule is O=C(CN(CCN1CCCC1)S(=O)(=O)c1ccc2ccccc2c1)N(Cc1ccc(F)cc1)Cc1cccs1. The smallest absolute Gasteiger partial charge is 0.243 e. The molecular weight excluding hydrogens is 533 g/mol. The highest BCUT2D eigenvalue weighted by Crippen LogP contribution is 2.23. The van der Waals surface area contributed by atoms with E-state index >= 15 is 0 Å². The molecule has 0 N–H and O–H groups in total. The number of amides is 1. The predicted molar refractivity (Wildman–Crippen MR) is 153 cm³/mol. The summed E-state index contributed by atoms with van der Waals surface area (Å²) in [6.45, 7) is 3.01. The number of likely N-dealkylation sites (tertiary alicyclic amines) is 1. The summed E-state index contributed by atoms with van der Waals surface area (Å²) in [6.07, 6.45) is 2.20. The Labute approximate surface area is 233 Å². The summed E-state index contributed by atoms with van der Waals surface area (Å²) in [7, 11) is -3.94. The van der Waals surface area contributed by atoms with Crippen molar-refractivity contribution in [2.24, 2.45) is 0 Å². The molecule has 1 aliphatic rings. The Morgan fingerprint density at radius 1 is 0.897 bits per heavy atom. The topological polar surface area (TPSA) is 60.9 Å². The number of carbonyl (C=O) groups excluding carboxylic acids is 1. The standard InChI is InChI=1S/C30H32FN3O3S2/c31-27-12-9-24(10-13-27)21-33(22-28-8-5-19-38-28)30(35)23-34(18-17-32-15-3-4-16-32)39(36,37)29-14-11-25-6-1-2-7-26(25)20-29/h1-2,5-14,19-20H,3-4,15-18,21-23H2. The molecule has 0 radical (unpaired) electrons. The first-order chi connectivity index (χ1) is 18.9. The van der Waals surface area contributed by atoms with E-state index in [9.17, 15) is 17.6 Å². The van der Waals surface area contributed by atoms with Gasteiger partial charge in [-0.05, 0) is 78.0 Å². The third kappa shape index (κ3) is 6.91. The fraction of sp³-hybridized carbons (Fsp3) is 0.300. The van der Waals surface area contributed by atoms with Crippen molar-refractivity contribution in [2.75, 3.05) is 32.7 Å². The van der Waals surface area contributed by atoms with Gasteiger partial charge in [-0.15, -0.1) is 11.3 Å². The van der Waals surface area contributed by atoms with Gasteiger partial charge in [0, 0.05) is 24.5 Å². The average molecular weight is 566 g/mol. The van der Waals surface area contributed by atoms with Crippen LogP contribution in [0.15, 0.2) is 89.1 Å². The second kappa shape index (κ2) is 12.4. The molecule has 4 aromatic rings. The summed E-state index contributed by atoms with van der Waals surface area (Å²) >= 11 is 1.54. The predicted octanol–water partition coefficient (Wildman–Crippen LogP) is 5.36. The van der Waals surface area contributed by atoms with Crippen molar-refractivity contribution >= 4 is 38.0 Å². The van der Waals surface area contributed by atoms with Gasteiger partial charge in [-0.2, -0.15) is 4.31 Å². The summed E-state index contributed by atoms with van der Waals surface area (Å²) < 4.78 is 42.7. The second-order valence-electron chi connectivity index (χ2n) is 9.85. The van der Waals surface area contributed by atoms with Crippen molar-refractivity contribution in [2.45, 2.75) is 30.8 Å². The van der Waals surface area contributed by atoms with Crippen LogP contribution in [-0.2, 0) is 27.9 Å². The normalized spacial score (nSPS) is 14.3. The Hall–Kier alpha value is -3.11. The van der Waals surface area contributed by atoms with E-state index in [2.05, 4.69) is 4.90 Å². The van der Waals surface area contributed by atoms with Crippen molar-refractivity contribution in [3.63, 3.8) is 0 Å². The zero-order valence-corrected chi connectivity index (χ0v) is 23.3. The van der Waals surface area contributed by atoms with Crippen LogP contribution in [0.25, 0.3) is 10.8 Å². The van der Waals surface area contributed by atoms with Crippen LogP contribution in [-0.4, -0.2) is 61.2 Å². The summed E-state index contributed by atoms with van der Waals surface area (Å²) in [5.74, 6) is -0.636. The van der Waals surface area contributed by atoms with Crippen molar-refractivity contribution in [1.82, 2.24) is 14.1 Å². The first-order valence-corrected chi connectivity index (χ1v) is 15.5. The lowest BCUT2D eigenvalue weighted by Crippen LogP contribution is -2.45. The number of hydrogen-bond donors (Lipinski definition) is 0. The van der Waals surface area contributed by atoms with Crippen LogP contribution in [0.5, 0.6) is 0 Å². The van der Waals surface area contributed by atoms with E-state index in [0.29, 0.717) is 13.1 Å². The number of nitrogens with zero attached hydrogens (tertiary/aromatic N) is 3. The van der Waals surface area contributed by atoms with Gasteiger partial charge in [0.15, 0.2) is 0 Å². The highest BCUT2D eigenvalue weighted by molar-refractivity contribution is 7.89. The van der Waals surface area contributed by atoms with Gasteiger partial charge in [0.2, 0.25) is 15.9 Å². The van der Waals surface area contributed by atoms with E-state index in [1.54, 1.807) is 35.2 Å². The van der Waals surface area contributed by atoms with Gasteiger partial charge < -0.3 is 9.80 Å². The Morgan fingerprint density at radius 3 is 2.36 bits per heavy atom. The number of fused-ring (bicyclic) bond motifs is 1. The van der Waals surface area contributed by atoms with Crippen LogP contribution in [0.4, 0.5) is 4.39 Å². The largest absolute Gasteiger partial charge is 0.332 e. The van der Waals surface area contributed by atoms with E-state index in [4.69, 9.17) is 0 Å². The van der Waals surface area contributed by atoms with E-state index in [1.165, 1.54) is 27.8 Å². The number of thiophene rings is 1. The van der Waals surface area contributed by atoms with Gasteiger partial charge in [0.1, 0.15) is 5.82 Å². The molecule has 6 nitrogen and oxygen atoms in total. The zero-order valence-electron chi connectivity index (χ0n) is 21.7. The van der Waals surface area contributed by atoms with Gasteiger partial charge in [0.05, 0.1) is 18.0 Å². The molecule has 0 aliphatic carbocycles. The molecule has 0 bridgehead atoms. The Balaban J connectivity index is 1.42. The van der Waals surface area contributed by atoms with E-state index in [-0.39, 0.29) is 36.3 Å². The highest BCUT2D eigenvalue weighted by Gasteiger charge is 2.30. The van der Waals surface area contributed by atoms with E-state index < -0.39 is 10.0 Å². The Bertz CT molecular complexity index is 1500. The van der Waals surface area contributed by atoms with Crippen molar-refractivity contribution in [1.29, 1.82) is 0 Å². The number of hydrogen-bond acceptors (Lipinski definition) is 5. The summed E-state index contributed by atoms with van der Waals surface area (Å²) in [6, 6.07) is 22.7. The molecule has 9 heteroatoms. The molecular formula is C30H32FN3O3S2. The monoisotopic (exact) mass is 565 g/mol. The van der Waals surface area contributed by atoms with E-state index in [1.807, 2.05) is 41.8 Å². The first kappa shape index (κ1) is 27.5. The minimum absolute atomic E-state index is 0.179. The fourth-order valence-corrected chi connectivity index (χ4v) is 7.04. The number of rotatable bonds is 11.